The van der Waals surface area contributed by atoms with Crippen molar-refractivity contribution in [2.75, 3.05) is 18.0 Å². The lowest BCUT2D eigenvalue weighted by Gasteiger charge is -2.36. The lowest BCUT2D eigenvalue weighted by Crippen LogP contribution is -2.42. The summed E-state index contributed by atoms with van der Waals surface area (Å²) in [5, 5.41) is 9.70. The Morgan fingerprint density at radius 2 is 2.44 bits per heavy atom. The maximum atomic E-state index is 9.70. The second-order valence-electron chi connectivity index (χ2n) is 4.47. The molecule has 2 heterocycles. The fourth-order valence-electron chi connectivity index (χ4n) is 2.20. The molecule has 0 spiro atoms. The number of nitrogens with two attached hydrogens (primary N) is 1. The van der Waals surface area contributed by atoms with E-state index in [0.717, 1.165) is 30.9 Å². The molecule has 1 aliphatic rings. The summed E-state index contributed by atoms with van der Waals surface area (Å²) in [6, 6.07) is 3.92. The van der Waals surface area contributed by atoms with Crippen molar-refractivity contribution < 1.29 is 5.11 Å². The maximum Gasteiger partial charge on any atom is 0.133 e. The molecule has 0 saturated carbocycles. The Morgan fingerprint density at radius 3 is 3.12 bits per heavy atom. The molecular formula is C12H19N3O. The minimum absolute atomic E-state index is 0.179. The fourth-order valence-corrected chi connectivity index (χ4v) is 2.20. The average molecular weight is 221 g/mol. The predicted molar refractivity (Wildman–Crippen MR) is 64.1 cm³/mol. The van der Waals surface area contributed by atoms with Crippen molar-refractivity contribution in [3.63, 3.8) is 0 Å². The van der Waals surface area contributed by atoms with Gasteiger partial charge in [-0.3, -0.25) is 0 Å². The molecule has 1 aromatic heterocycles. The van der Waals surface area contributed by atoms with Gasteiger partial charge in [0.1, 0.15) is 5.82 Å². The topological polar surface area (TPSA) is 62.4 Å². The number of hydrogen-bond acceptors (Lipinski definition) is 4. The third-order valence-electron chi connectivity index (χ3n) is 3.25. The Kier molecular flexibility index (Phi) is 3.41. The third kappa shape index (κ3) is 2.18. The summed E-state index contributed by atoms with van der Waals surface area (Å²) in [6.45, 7) is 4.29. The smallest absolute Gasteiger partial charge is 0.133 e. The van der Waals surface area contributed by atoms with Gasteiger partial charge in [-0.2, -0.15) is 0 Å². The average Bonchev–Trinajstić information content (AvgIpc) is 2.32. The van der Waals surface area contributed by atoms with Crippen LogP contribution in [0.5, 0.6) is 0 Å². The van der Waals surface area contributed by atoms with Crippen molar-refractivity contribution in [3.8, 4) is 0 Å². The number of aliphatic hydroxyl groups excluding tert-OH is 1. The first-order valence-electron chi connectivity index (χ1n) is 5.79. The largest absolute Gasteiger partial charge is 0.393 e. The van der Waals surface area contributed by atoms with Crippen LogP contribution in [0.15, 0.2) is 18.3 Å². The molecule has 1 fully saturated rings. The van der Waals surface area contributed by atoms with Gasteiger partial charge in [-0.1, -0.05) is 13.0 Å². The summed E-state index contributed by atoms with van der Waals surface area (Å²) >= 11 is 0. The maximum absolute atomic E-state index is 9.70. The molecule has 1 aliphatic heterocycles. The summed E-state index contributed by atoms with van der Waals surface area (Å²) in [7, 11) is 0. The van der Waals surface area contributed by atoms with Gasteiger partial charge in [0.15, 0.2) is 0 Å². The molecule has 0 radical (unpaired) electrons. The number of aromatic nitrogens is 1. The van der Waals surface area contributed by atoms with Crippen molar-refractivity contribution in [2.45, 2.75) is 26.0 Å². The highest BCUT2D eigenvalue weighted by molar-refractivity contribution is 5.47. The van der Waals surface area contributed by atoms with Crippen LogP contribution < -0.4 is 10.6 Å². The number of aliphatic hydroxyl groups is 1. The molecular weight excluding hydrogens is 202 g/mol. The summed E-state index contributed by atoms with van der Waals surface area (Å²) in [5.41, 5.74) is 6.78. The van der Waals surface area contributed by atoms with Gasteiger partial charge in [-0.15, -0.1) is 0 Å². The highest BCUT2D eigenvalue weighted by Gasteiger charge is 2.25. The normalized spacial score (nSPS) is 25.8. The second-order valence-corrected chi connectivity index (χ2v) is 4.47. The van der Waals surface area contributed by atoms with Crippen molar-refractivity contribution in [2.24, 2.45) is 11.7 Å². The van der Waals surface area contributed by atoms with Crippen molar-refractivity contribution in [1.29, 1.82) is 0 Å². The van der Waals surface area contributed by atoms with Crippen molar-refractivity contribution in [3.05, 3.63) is 23.9 Å². The number of rotatable bonds is 2. The summed E-state index contributed by atoms with van der Waals surface area (Å²) < 4.78 is 0. The van der Waals surface area contributed by atoms with E-state index in [4.69, 9.17) is 5.73 Å². The monoisotopic (exact) mass is 221 g/mol. The quantitative estimate of drug-likeness (QED) is 0.773. The Bertz CT molecular complexity index is 356. The fraction of sp³-hybridized carbons (Fsp3) is 0.583. The van der Waals surface area contributed by atoms with E-state index in [2.05, 4.69) is 16.8 Å². The van der Waals surface area contributed by atoms with Gasteiger partial charge >= 0.3 is 0 Å². The van der Waals surface area contributed by atoms with E-state index in [9.17, 15) is 5.11 Å². The van der Waals surface area contributed by atoms with E-state index < -0.39 is 0 Å². The van der Waals surface area contributed by atoms with Crippen LogP contribution in [0.2, 0.25) is 0 Å². The Morgan fingerprint density at radius 1 is 1.62 bits per heavy atom. The molecule has 1 aromatic rings. The lowest BCUT2D eigenvalue weighted by atomic mass is 9.96. The van der Waals surface area contributed by atoms with E-state index in [0.29, 0.717) is 12.5 Å². The number of piperidine rings is 1. The molecule has 16 heavy (non-hydrogen) atoms. The SMILES string of the molecule is CC1CN(c2ncccc2CN)CCC1O. The van der Waals surface area contributed by atoms with Crippen molar-refractivity contribution >= 4 is 5.82 Å². The molecule has 2 atom stereocenters. The molecule has 4 heteroatoms. The zero-order valence-corrected chi connectivity index (χ0v) is 9.63. The number of anilines is 1. The van der Waals surface area contributed by atoms with Gasteiger partial charge in [-0.05, 0) is 18.4 Å². The van der Waals surface area contributed by atoms with Crippen LogP contribution in [0.4, 0.5) is 5.82 Å². The van der Waals surface area contributed by atoms with E-state index in [-0.39, 0.29) is 6.10 Å². The van der Waals surface area contributed by atoms with Gasteiger partial charge in [-0.25, -0.2) is 4.98 Å². The molecule has 2 unspecified atom stereocenters. The molecule has 4 nitrogen and oxygen atoms in total. The van der Waals surface area contributed by atoms with Crippen LogP contribution in [-0.2, 0) is 6.54 Å². The first-order chi connectivity index (χ1) is 7.72. The summed E-state index contributed by atoms with van der Waals surface area (Å²) in [6.07, 6.45) is 2.42. The number of pyridine rings is 1. The Hall–Kier alpha value is -1.13. The third-order valence-corrected chi connectivity index (χ3v) is 3.25. The molecule has 1 saturated heterocycles. The predicted octanol–water partition coefficient (Wildman–Crippen LogP) is 0.747. The van der Waals surface area contributed by atoms with Crippen LogP contribution in [-0.4, -0.2) is 29.3 Å². The second kappa shape index (κ2) is 4.80. The summed E-state index contributed by atoms with van der Waals surface area (Å²) in [5.74, 6) is 1.27. The Balaban J connectivity index is 2.18. The van der Waals surface area contributed by atoms with Crippen LogP contribution in [0.1, 0.15) is 18.9 Å². The minimum atomic E-state index is -0.179. The van der Waals surface area contributed by atoms with E-state index in [1.807, 2.05) is 12.1 Å². The zero-order chi connectivity index (χ0) is 11.5. The van der Waals surface area contributed by atoms with Gasteiger partial charge in [0.2, 0.25) is 0 Å². The van der Waals surface area contributed by atoms with Crippen LogP contribution in [0.3, 0.4) is 0 Å². The molecule has 3 N–H and O–H groups in total. The first-order valence-corrected chi connectivity index (χ1v) is 5.79. The molecule has 0 aromatic carbocycles. The summed E-state index contributed by atoms with van der Waals surface area (Å²) in [4.78, 5) is 6.62. The van der Waals surface area contributed by atoms with Crippen molar-refractivity contribution in [1.82, 2.24) is 4.98 Å². The van der Waals surface area contributed by atoms with Gasteiger partial charge in [0, 0.05) is 31.4 Å². The molecule has 88 valence electrons. The van der Waals surface area contributed by atoms with Gasteiger partial charge < -0.3 is 15.7 Å². The molecule has 0 amide bonds. The molecule has 0 aliphatic carbocycles. The lowest BCUT2D eigenvalue weighted by molar-refractivity contribution is 0.0968. The Labute approximate surface area is 96.1 Å². The van der Waals surface area contributed by atoms with Crippen LogP contribution in [0.25, 0.3) is 0 Å². The number of hydrogen-bond donors (Lipinski definition) is 2. The van der Waals surface area contributed by atoms with Crippen LogP contribution >= 0.6 is 0 Å². The zero-order valence-electron chi connectivity index (χ0n) is 9.63. The van der Waals surface area contributed by atoms with E-state index in [1.165, 1.54) is 0 Å². The molecule has 0 bridgehead atoms. The highest BCUT2D eigenvalue weighted by Crippen LogP contribution is 2.24. The standard InChI is InChI=1S/C12H19N3O/c1-9-8-15(6-4-11(9)16)12-10(7-13)3-2-5-14-12/h2-3,5,9,11,16H,4,6-8,13H2,1H3. The minimum Gasteiger partial charge on any atom is -0.393 e. The van der Waals surface area contributed by atoms with Crippen LogP contribution in [0, 0.1) is 5.92 Å². The van der Waals surface area contributed by atoms with Gasteiger partial charge in [0.25, 0.3) is 0 Å². The molecule has 2 rings (SSSR count). The van der Waals surface area contributed by atoms with Gasteiger partial charge in [0.05, 0.1) is 6.10 Å². The first kappa shape index (κ1) is 11.4. The van der Waals surface area contributed by atoms with E-state index >= 15 is 0 Å². The van der Waals surface area contributed by atoms with E-state index in [1.54, 1.807) is 6.20 Å². The number of nitrogens with zero attached hydrogens (tertiary/aromatic N) is 2. The highest BCUT2D eigenvalue weighted by atomic mass is 16.3.